The van der Waals surface area contributed by atoms with E-state index in [0.717, 1.165) is 44.4 Å². The lowest BCUT2D eigenvalue weighted by molar-refractivity contribution is -0.152. The zero-order chi connectivity index (χ0) is 18.7. The van der Waals surface area contributed by atoms with Gasteiger partial charge in [-0.3, -0.25) is 9.59 Å². The Morgan fingerprint density at radius 1 is 1.27 bits per heavy atom. The summed E-state index contributed by atoms with van der Waals surface area (Å²) >= 11 is 0. The number of carbonyl (C=O) groups excluding carboxylic acids is 2. The van der Waals surface area contributed by atoms with Crippen molar-refractivity contribution in [2.75, 3.05) is 6.61 Å². The van der Waals surface area contributed by atoms with Crippen LogP contribution in [0.1, 0.15) is 72.6 Å². The molecule has 0 saturated heterocycles. The van der Waals surface area contributed by atoms with Gasteiger partial charge in [-0.25, -0.2) is 0 Å². The number of carbonyl (C=O) groups is 2. The molecular weight excluding hydrogens is 324 g/mol. The second-order valence-corrected chi connectivity index (χ2v) is 10.3. The summed E-state index contributed by atoms with van der Waals surface area (Å²) in [5.41, 5.74) is 1.71. The molecule has 6 atom stereocenters. The van der Waals surface area contributed by atoms with Crippen molar-refractivity contribution in [3.8, 4) is 0 Å². The van der Waals surface area contributed by atoms with E-state index in [-0.39, 0.29) is 29.1 Å². The molecule has 3 saturated carbocycles. The van der Waals surface area contributed by atoms with Gasteiger partial charge in [-0.1, -0.05) is 33.8 Å². The number of fused-ring (bicyclic) bond motifs is 2. The lowest BCUT2D eigenvalue weighted by Crippen LogP contribution is -2.49. The van der Waals surface area contributed by atoms with E-state index in [1.165, 1.54) is 12.0 Å². The van der Waals surface area contributed by atoms with E-state index in [1.807, 2.05) is 6.92 Å². The van der Waals surface area contributed by atoms with Crippen LogP contribution in [0.5, 0.6) is 0 Å². The van der Waals surface area contributed by atoms with Crippen LogP contribution in [-0.2, 0) is 14.3 Å². The summed E-state index contributed by atoms with van der Waals surface area (Å²) < 4.78 is 5.80. The van der Waals surface area contributed by atoms with Crippen LogP contribution in [0.2, 0.25) is 0 Å². The standard InChI is InChI=1S/C23H34O3/c1-14(17-9-10-18-20(24)6-5-11-23(17,18)4)21(25)26-13-15-7-8-16-12-19(15)22(16,2)3/h7,14,16-19H,5-6,8-13H2,1-4H3/t14-,16-,17+,18-,19-,23+/m0/s1. The van der Waals surface area contributed by atoms with Gasteiger partial charge >= 0.3 is 5.97 Å². The Balaban J connectivity index is 1.38. The normalized spacial score (nSPS) is 41.7. The van der Waals surface area contributed by atoms with Gasteiger partial charge in [-0.2, -0.15) is 0 Å². The summed E-state index contributed by atoms with van der Waals surface area (Å²) in [6.45, 7) is 9.44. The van der Waals surface area contributed by atoms with Crippen molar-refractivity contribution in [2.24, 2.45) is 40.4 Å². The molecule has 0 amide bonds. The van der Waals surface area contributed by atoms with Crippen molar-refractivity contribution in [2.45, 2.75) is 72.6 Å². The van der Waals surface area contributed by atoms with E-state index < -0.39 is 0 Å². The first-order chi connectivity index (χ1) is 12.2. The van der Waals surface area contributed by atoms with Crippen molar-refractivity contribution in [1.29, 1.82) is 0 Å². The van der Waals surface area contributed by atoms with Gasteiger partial charge in [0.1, 0.15) is 12.4 Å². The lowest BCUT2D eigenvalue weighted by atomic mass is 9.49. The Morgan fingerprint density at radius 3 is 2.73 bits per heavy atom. The van der Waals surface area contributed by atoms with Gasteiger partial charge < -0.3 is 4.74 Å². The molecule has 0 aliphatic heterocycles. The maximum atomic E-state index is 12.8. The van der Waals surface area contributed by atoms with Crippen LogP contribution >= 0.6 is 0 Å². The Morgan fingerprint density at radius 2 is 2.04 bits per heavy atom. The molecule has 2 bridgehead atoms. The molecule has 0 N–H and O–H groups in total. The Bertz CT molecular complexity index is 646. The number of allylic oxidation sites excluding steroid dienone is 1. The third-order valence-corrected chi connectivity index (χ3v) is 8.88. The summed E-state index contributed by atoms with van der Waals surface area (Å²) in [4.78, 5) is 25.1. The number of hydrogen-bond donors (Lipinski definition) is 0. The van der Waals surface area contributed by atoms with Gasteiger partial charge in [0.25, 0.3) is 0 Å². The summed E-state index contributed by atoms with van der Waals surface area (Å²) in [6, 6.07) is 0. The van der Waals surface area contributed by atoms with Crippen LogP contribution in [0.4, 0.5) is 0 Å². The molecule has 5 aliphatic rings. The second kappa shape index (κ2) is 6.21. The molecule has 0 spiro atoms. The SMILES string of the molecule is C[C@H](C(=O)OCC1=CC[C@H]2C[C@@H]1C2(C)C)[C@H]1CC[C@H]2C(=O)CCC[C@]12C. The molecule has 3 fully saturated rings. The molecule has 0 aromatic rings. The number of hydrogen-bond acceptors (Lipinski definition) is 3. The van der Waals surface area contributed by atoms with Crippen LogP contribution in [0, 0.1) is 40.4 Å². The zero-order valence-electron chi connectivity index (χ0n) is 16.8. The van der Waals surface area contributed by atoms with Gasteiger partial charge in [-0.15, -0.1) is 0 Å². The van der Waals surface area contributed by atoms with Crippen molar-refractivity contribution < 1.29 is 14.3 Å². The van der Waals surface area contributed by atoms with E-state index in [1.54, 1.807) is 0 Å². The zero-order valence-corrected chi connectivity index (χ0v) is 16.8. The highest BCUT2D eigenvalue weighted by molar-refractivity contribution is 5.83. The minimum atomic E-state index is -0.109. The van der Waals surface area contributed by atoms with Gasteiger partial charge in [0.15, 0.2) is 0 Å². The van der Waals surface area contributed by atoms with Crippen LogP contribution in [-0.4, -0.2) is 18.4 Å². The minimum absolute atomic E-state index is 0.00105. The molecule has 5 rings (SSSR count). The minimum Gasteiger partial charge on any atom is -0.461 e. The van der Waals surface area contributed by atoms with E-state index in [4.69, 9.17) is 4.74 Å². The molecule has 0 heterocycles. The predicted octanol–water partition coefficient (Wildman–Crippen LogP) is 4.94. The highest BCUT2D eigenvalue weighted by atomic mass is 16.5. The number of ketones is 1. The van der Waals surface area contributed by atoms with E-state index in [0.29, 0.717) is 23.7 Å². The number of Topliss-reactive ketones (excluding diaryl/α,β-unsaturated/α-hetero) is 1. The summed E-state index contributed by atoms with van der Waals surface area (Å²) in [6.07, 6.45) is 9.45. The van der Waals surface area contributed by atoms with Crippen molar-refractivity contribution in [1.82, 2.24) is 0 Å². The maximum absolute atomic E-state index is 12.8. The summed E-state index contributed by atoms with van der Waals surface area (Å²) in [5, 5.41) is 0. The fourth-order valence-electron chi connectivity index (χ4n) is 6.88. The lowest BCUT2D eigenvalue weighted by Gasteiger charge is -2.56. The molecule has 0 aromatic heterocycles. The molecule has 144 valence electrons. The molecule has 3 nitrogen and oxygen atoms in total. The Labute approximate surface area is 157 Å². The smallest absolute Gasteiger partial charge is 0.309 e. The first-order valence-electron chi connectivity index (χ1n) is 10.6. The molecule has 0 radical (unpaired) electrons. The van der Waals surface area contributed by atoms with Gasteiger partial charge in [0.2, 0.25) is 0 Å². The molecule has 5 aliphatic carbocycles. The maximum Gasteiger partial charge on any atom is 0.309 e. The van der Waals surface area contributed by atoms with Crippen molar-refractivity contribution >= 4 is 11.8 Å². The fraction of sp³-hybridized carbons (Fsp3) is 0.826. The third-order valence-electron chi connectivity index (χ3n) is 8.88. The quantitative estimate of drug-likeness (QED) is 0.528. The van der Waals surface area contributed by atoms with Crippen LogP contribution in [0.15, 0.2) is 11.6 Å². The largest absolute Gasteiger partial charge is 0.461 e. The van der Waals surface area contributed by atoms with Crippen LogP contribution in [0.25, 0.3) is 0 Å². The number of rotatable bonds is 4. The van der Waals surface area contributed by atoms with Gasteiger partial charge in [0, 0.05) is 12.3 Å². The molecule has 0 aromatic carbocycles. The molecular formula is C23H34O3. The molecule has 26 heavy (non-hydrogen) atoms. The Hall–Kier alpha value is -1.12. The Kier molecular flexibility index (Phi) is 4.36. The van der Waals surface area contributed by atoms with Crippen molar-refractivity contribution in [3.63, 3.8) is 0 Å². The molecule has 0 unspecified atom stereocenters. The van der Waals surface area contributed by atoms with Gasteiger partial charge in [-0.05, 0) is 72.7 Å². The monoisotopic (exact) mass is 358 g/mol. The van der Waals surface area contributed by atoms with Crippen LogP contribution in [0.3, 0.4) is 0 Å². The third kappa shape index (κ3) is 2.60. The first-order valence-corrected chi connectivity index (χ1v) is 10.6. The van der Waals surface area contributed by atoms with Crippen molar-refractivity contribution in [3.05, 3.63) is 11.6 Å². The average molecular weight is 359 g/mol. The second-order valence-electron chi connectivity index (χ2n) is 10.3. The topological polar surface area (TPSA) is 43.4 Å². The summed E-state index contributed by atoms with van der Waals surface area (Å²) in [7, 11) is 0. The van der Waals surface area contributed by atoms with Gasteiger partial charge in [0.05, 0.1) is 5.92 Å². The average Bonchev–Trinajstić information content (AvgIpc) is 2.97. The number of ether oxygens (including phenoxy) is 1. The van der Waals surface area contributed by atoms with E-state index >= 15 is 0 Å². The first kappa shape index (κ1) is 18.3. The van der Waals surface area contributed by atoms with E-state index in [2.05, 4.69) is 26.8 Å². The van der Waals surface area contributed by atoms with Crippen LogP contribution < -0.4 is 0 Å². The summed E-state index contributed by atoms with van der Waals surface area (Å²) in [5.74, 6) is 2.12. The highest BCUT2D eigenvalue weighted by Gasteiger charge is 2.54. The number of esters is 1. The highest BCUT2D eigenvalue weighted by Crippen LogP contribution is 2.59. The predicted molar refractivity (Wildman–Crippen MR) is 101 cm³/mol. The molecule has 3 heteroatoms. The van der Waals surface area contributed by atoms with E-state index in [9.17, 15) is 9.59 Å². The fourth-order valence-corrected chi connectivity index (χ4v) is 6.88.